The van der Waals surface area contributed by atoms with Crippen LogP contribution in [0.25, 0.3) is 11.3 Å². The van der Waals surface area contributed by atoms with Crippen LogP contribution in [0, 0.1) is 0 Å². The largest absolute Gasteiger partial charge is 0.467 e. The number of amides is 1. The standard InChI is InChI=1S/C25H24N4O3S/c30-24(26-16-19-9-6-14-31-19)22-11-10-20(32-22)17-33-25-27-21(18-7-2-1-3-8-18)15-23(28-25)29-12-4-5-13-29/h1-3,6-11,14-15H,4-5,12-13,16-17H2,(H,26,30). The van der Waals surface area contributed by atoms with Gasteiger partial charge in [-0.15, -0.1) is 0 Å². The van der Waals surface area contributed by atoms with Crippen molar-refractivity contribution >= 4 is 23.5 Å². The molecule has 168 valence electrons. The Balaban J connectivity index is 1.28. The zero-order chi connectivity index (χ0) is 22.5. The Bertz CT molecular complexity index is 1200. The van der Waals surface area contributed by atoms with Gasteiger partial charge in [-0.3, -0.25) is 4.79 Å². The minimum Gasteiger partial charge on any atom is -0.467 e. The summed E-state index contributed by atoms with van der Waals surface area (Å²) in [6.07, 6.45) is 3.95. The summed E-state index contributed by atoms with van der Waals surface area (Å²) >= 11 is 1.50. The third-order valence-electron chi connectivity index (χ3n) is 5.42. The summed E-state index contributed by atoms with van der Waals surface area (Å²) in [7, 11) is 0. The second kappa shape index (κ2) is 9.95. The molecule has 0 aliphatic carbocycles. The van der Waals surface area contributed by atoms with Crippen molar-refractivity contribution in [3.05, 3.63) is 84.2 Å². The van der Waals surface area contributed by atoms with E-state index in [0.717, 1.165) is 30.2 Å². The minimum absolute atomic E-state index is 0.272. The van der Waals surface area contributed by atoms with Crippen molar-refractivity contribution < 1.29 is 13.6 Å². The number of carbonyl (C=O) groups excluding carboxylic acids is 1. The molecular formula is C25H24N4O3S. The van der Waals surface area contributed by atoms with E-state index in [1.54, 1.807) is 18.4 Å². The number of hydrogen-bond donors (Lipinski definition) is 1. The van der Waals surface area contributed by atoms with Crippen LogP contribution in [0.5, 0.6) is 0 Å². The molecule has 1 N–H and O–H groups in total. The smallest absolute Gasteiger partial charge is 0.287 e. The van der Waals surface area contributed by atoms with E-state index in [-0.39, 0.29) is 11.7 Å². The lowest BCUT2D eigenvalue weighted by atomic mass is 10.1. The van der Waals surface area contributed by atoms with Gasteiger partial charge < -0.3 is 19.1 Å². The molecule has 1 aliphatic rings. The third kappa shape index (κ3) is 5.28. The van der Waals surface area contributed by atoms with E-state index in [2.05, 4.69) is 28.4 Å². The summed E-state index contributed by atoms with van der Waals surface area (Å²) in [6.45, 7) is 2.35. The first-order valence-electron chi connectivity index (χ1n) is 11.0. The van der Waals surface area contributed by atoms with E-state index in [0.29, 0.717) is 29.0 Å². The van der Waals surface area contributed by atoms with E-state index < -0.39 is 0 Å². The Kier molecular flexibility index (Phi) is 6.44. The topological polar surface area (TPSA) is 84.4 Å². The van der Waals surface area contributed by atoms with Crippen LogP contribution in [0.4, 0.5) is 5.82 Å². The summed E-state index contributed by atoms with van der Waals surface area (Å²) in [5.41, 5.74) is 1.98. The molecule has 0 bridgehead atoms. The van der Waals surface area contributed by atoms with Gasteiger partial charge in [0, 0.05) is 24.7 Å². The maximum Gasteiger partial charge on any atom is 0.287 e. The van der Waals surface area contributed by atoms with Crippen LogP contribution in [0.1, 0.15) is 34.9 Å². The second-order valence-corrected chi connectivity index (χ2v) is 8.71. The van der Waals surface area contributed by atoms with Gasteiger partial charge in [-0.25, -0.2) is 9.97 Å². The molecule has 0 spiro atoms. The molecule has 7 nitrogen and oxygen atoms in total. The highest BCUT2D eigenvalue weighted by Gasteiger charge is 2.17. The van der Waals surface area contributed by atoms with Crippen molar-refractivity contribution in [1.82, 2.24) is 15.3 Å². The molecule has 4 aromatic rings. The molecule has 0 radical (unpaired) electrons. The molecule has 8 heteroatoms. The predicted molar refractivity (Wildman–Crippen MR) is 127 cm³/mol. The number of thioether (sulfide) groups is 1. The van der Waals surface area contributed by atoms with Crippen LogP contribution in [0.2, 0.25) is 0 Å². The van der Waals surface area contributed by atoms with Gasteiger partial charge in [0.2, 0.25) is 0 Å². The normalized spacial score (nSPS) is 13.4. The summed E-state index contributed by atoms with van der Waals surface area (Å²) in [6, 6.07) is 19.3. The zero-order valence-electron chi connectivity index (χ0n) is 18.1. The lowest BCUT2D eigenvalue weighted by molar-refractivity contribution is 0.0919. The lowest BCUT2D eigenvalue weighted by Gasteiger charge is -2.18. The van der Waals surface area contributed by atoms with Gasteiger partial charge in [0.1, 0.15) is 17.3 Å². The van der Waals surface area contributed by atoms with E-state index in [1.165, 1.54) is 24.6 Å². The number of nitrogens with zero attached hydrogens (tertiary/aromatic N) is 3. The molecule has 4 heterocycles. The molecule has 3 aromatic heterocycles. The van der Waals surface area contributed by atoms with Crippen molar-refractivity contribution in [3.8, 4) is 11.3 Å². The Morgan fingerprint density at radius 1 is 1.00 bits per heavy atom. The molecular weight excluding hydrogens is 436 g/mol. The number of hydrogen-bond acceptors (Lipinski definition) is 7. The van der Waals surface area contributed by atoms with E-state index in [9.17, 15) is 4.79 Å². The monoisotopic (exact) mass is 460 g/mol. The highest BCUT2D eigenvalue weighted by molar-refractivity contribution is 7.98. The molecule has 0 unspecified atom stereocenters. The van der Waals surface area contributed by atoms with Crippen LogP contribution < -0.4 is 10.2 Å². The Morgan fingerprint density at radius 2 is 1.85 bits per heavy atom. The first-order chi connectivity index (χ1) is 16.2. The molecule has 33 heavy (non-hydrogen) atoms. The summed E-state index contributed by atoms with van der Waals surface area (Å²) in [5, 5.41) is 3.48. The average molecular weight is 461 g/mol. The summed E-state index contributed by atoms with van der Waals surface area (Å²) < 4.78 is 11.0. The number of carbonyl (C=O) groups is 1. The molecule has 1 fully saturated rings. The highest BCUT2D eigenvalue weighted by Crippen LogP contribution is 2.29. The zero-order valence-corrected chi connectivity index (χ0v) is 18.9. The first-order valence-corrected chi connectivity index (χ1v) is 11.9. The van der Waals surface area contributed by atoms with Gasteiger partial charge in [-0.05, 0) is 37.1 Å². The molecule has 1 saturated heterocycles. The molecule has 0 saturated carbocycles. The Morgan fingerprint density at radius 3 is 2.64 bits per heavy atom. The fourth-order valence-electron chi connectivity index (χ4n) is 3.72. The van der Waals surface area contributed by atoms with E-state index in [4.69, 9.17) is 18.8 Å². The van der Waals surface area contributed by atoms with Crippen molar-refractivity contribution in [3.63, 3.8) is 0 Å². The van der Waals surface area contributed by atoms with Gasteiger partial charge in [0.15, 0.2) is 10.9 Å². The summed E-state index contributed by atoms with van der Waals surface area (Å²) in [4.78, 5) is 24.2. The number of anilines is 1. The number of nitrogens with one attached hydrogen (secondary N) is 1. The Hall–Kier alpha value is -3.52. The average Bonchev–Trinajstić information content (AvgIpc) is 3.64. The van der Waals surface area contributed by atoms with E-state index >= 15 is 0 Å². The number of rotatable bonds is 8. The molecule has 1 aromatic carbocycles. The van der Waals surface area contributed by atoms with Crippen molar-refractivity contribution in [2.75, 3.05) is 18.0 Å². The van der Waals surface area contributed by atoms with Gasteiger partial charge in [-0.2, -0.15) is 0 Å². The van der Waals surface area contributed by atoms with Crippen molar-refractivity contribution in [1.29, 1.82) is 0 Å². The molecule has 1 aliphatic heterocycles. The fraction of sp³-hybridized carbons (Fsp3) is 0.240. The van der Waals surface area contributed by atoms with Gasteiger partial charge in [0.05, 0.1) is 24.3 Å². The fourth-order valence-corrected chi connectivity index (χ4v) is 4.47. The predicted octanol–water partition coefficient (Wildman–Crippen LogP) is 5.15. The molecule has 5 rings (SSSR count). The third-order valence-corrected chi connectivity index (χ3v) is 6.29. The number of aromatic nitrogens is 2. The van der Waals surface area contributed by atoms with E-state index in [1.807, 2.05) is 30.3 Å². The first kappa shape index (κ1) is 21.3. The van der Waals surface area contributed by atoms with Crippen LogP contribution in [0.3, 0.4) is 0 Å². The van der Waals surface area contributed by atoms with Gasteiger partial charge in [-0.1, -0.05) is 42.1 Å². The van der Waals surface area contributed by atoms with Gasteiger partial charge in [0.25, 0.3) is 5.91 Å². The van der Waals surface area contributed by atoms with Crippen molar-refractivity contribution in [2.24, 2.45) is 0 Å². The number of benzene rings is 1. The summed E-state index contributed by atoms with van der Waals surface area (Å²) in [5.74, 6) is 2.87. The second-order valence-electron chi connectivity index (χ2n) is 7.77. The maximum absolute atomic E-state index is 12.3. The van der Waals surface area contributed by atoms with Crippen LogP contribution in [0.15, 0.2) is 80.9 Å². The SMILES string of the molecule is O=C(NCc1ccco1)c1ccc(CSc2nc(-c3ccccc3)cc(N3CCCC3)n2)o1. The maximum atomic E-state index is 12.3. The minimum atomic E-state index is -0.277. The van der Waals surface area contributed by atoms with Crippen molar-refractivity contribution in [2.45, 2.75) is 30.3 Å². The van der Waals surface area contributed by atoms with Crippen LogP contribution in [-0.2, 0) is 12.3 Å². The molecule has 0 atom stereocenters. The Labute approximate surface area is 196 Å². The molecule has 1 amide bonds. The lowest BCUT2D eigenvalue weighted by Crippen LogP contribution is -2.21. The number of furan rings is 2. The van der Waals surface area contributed by atoms with Gasteiger partial charge >= 0.3 is 0 Å². The quantitative estimate of drug-likeness (QED) is 0.287. The van der Waals surface area contributed by atoms with Crippen LogP contribution in [-0.4, -0.2) is 29.0 Å². The highest BCUT2D eigenvalue weighted by atomic mass is 32.2. The van der Waals surface area contributed by atoms with Crippen LogP contribution >= 0.6 is 11.8 Å².